The van der Waals surface area contributed by atoms with Gasteiger partial charge in [-0.2, -0.15) is 19.8 Å². The Bertz CT molecular complexity index is 772. The summed E-state index contributed by atoms with van der Waals surface area (Å²) in [4.78, 5) is 11.8. The monoisotopic (exact) mass is 338 g/mol. The van der Waals surface area contributed by atoms with E-state index in [1.165, 1.54) is 30.6 Å². The lowest BCUT2D eigenvalue weighted by Gasteiger charge is -2.06. The minimum Gasteiger partial charge on any atom is -0.465 e. The molecule has 1 heterocycles. The van der Waals surface area contributed by atoms with Gasteiger partial charge in [0.25, 0.3) is 0 Å². The number of carbonyl (C=O) groups excluding carboxylic acids is 1. The Morgan fingerprint density at radius 1 is 1.18 bits per heavy atom. The van der Waals surface area contributed by atoms with Gasteiger partial charge in [-0.3, -0.25) is 0 Å². The van der Waals surface area contributed by atoms with Gasteiger partial charge >= 0.3 is 16.1 Å². The molecule has 0 spiro atoms. The number of benzene rings is 1. The third-order valence-electron chi connectivity index (χ3n) is 2.84. The summed E-state index contributed by atoms with van der Waals surface area (Å²) >= 11 is 1.37. The van der Waals surface area contributed by atoms with Crippen LogP contribution in [0.25, 0.3) is 5.57 Å². The Labute approximate surface area is 132 Å². The number of esters is 1. The van der Waals surface area contributed by atoms with Crippen LogP contribution in [0.3, 0.4) is 0 Å². The molecule has 0 bridgehead atoms. The third-order valence-corrected chi connectivity index (χ3v) is 4.72. The number of hydrogen-bond acceptors (Lipinski definition) is 6. The fourth-order valence-corrected chi connectivity index (χ4v) is 3.09. The highest BCUT2D eigenvalue weighted by atomic mass is 32.2. The SMILES string of the molecule is COC(=O)/C(=C\OS(=O)(=O)c1ccc(C)cc1)c1ccsc1. The number of methoxy groups -OCH3 is 1. The fraction of sp³-hybridized carbons (Fsp3) is 0.133. The first-order valence-corrected chi connectivity index (χ1v) is 8.60. The summed E-state index contributed by atoms with van der Waals surface area (Å²) in [5, 5.41) is 3.46. The quantitative estimate of drug-likeness (QED) is 0.363. The normalized spacial score (nSPS) is 12.0. The molecule has 0 N–H and O–H groups in total. The maximum Gasteiger partial charge on any atom is 0.341 e. The van der Waals surface area contributed by atoms with Crippen LogP contribution in [-0.2, 0) is 23.8 Å². The van der Waals surface area contributed by atoms with Crippen molar-refractivity contribution in [3.05, 3.63) is 58.5 Å². The molecule has 1 aromatic carbocycles. The van der Waals surface area contributed by atoms with E-state index in [-0.39, 0.29) is 10.5 Å². The van der Waals surface area contributed by atoms with E-state index >= 15 is 0 Å². The van der Waals surface area contributed by atoms with E-state index < -0.39 is 16.1 Å². The largest absolute Gasteiger partial charge is 0.465 e. The Hall–Kier alpha value is -2.12. The molecule has 0 aliphatic carbocycles. The van der Waals surface area contributed by atoms with Crippen molar-refractivity contribution in [2.45, 2.75) is 11.8 Å². The topological polar surface area (TPSA) is 69.7 Å². The molecular formula is C15H14O5S2. The van der Waals surface area contributed by atoms with E-state index in [9.17, 15) is 13.2 Å². The second kappa shape index (κ2) is 6.76. The van der Waals surface area contributed by atoms with E-state index in [0.29, 0.717) is 5.56 Å². The number of hydrogen-bond donors (Lipinski definition) is 0. The van der Waals surface area contributed by atoms with Gasteiger partial charge in [-0.05, 0) is 35.9 Å². The lowest BCUT2D eigenvalue weighted by molar-refractivity contribution is -0.133. The van der Waals surface area contributed by atoms with Gasteiger partial charge in [-0.15, -0.1) is 0 Å². The van der Waals surface area contributed by atoms with E-state index in [4.69, 9.17) is 4.18 Å². The molecule has 0 aliphatic rings. The summed E-state index contributed by atoms with van der Waals surface area (Å²) in [6.07, 6.45) is 0.906. The maximum absolute atomic E-state index is 12.1. The van der Waals surface area contributed by atoms with E-state index in [2.05, 4.69) is 4.74 Å². The highest BCUT2D eigenvalue weighted by molar-refractivity contribution is 7.86. The summed E-state index contributed by atoms with van der Waals surface area (Å²) in [6, 6.07) is 7.90. The van der Waals surface area contributed by atoms with Crippen LogP contribution in [0.5, 0.6) is 0 Å². The van der Waals surface area contributed by atoms with Gasteiger partial charge in [-0.1, -0.05) is 17.7 Å². The first-order valence-electron chi connectivity index (χ1n) is 6.25. The molecule has 2 rings (SSSR count). The van der Waals surface area contributed by atoms with Crippen LogP contribution in [0.1, 0.15) is 11.1 Å². The standard InChI is InChI=1S/C15H14O5S2/c1-11-3-5-13(6-4-11)22(17,18)20-9-14(15(16)19-2)12-7-8-21-10-12/h3-10H,1-2H3/b14-9-. The summed E-state index contributed by atoms with van der Waals surface area (Å²) < 4.78 is 33.7. The summed E-state index contributed by atoms with van der Waals surface area (Å²) in [5.41, 5.74) is 1.51. The first-order chi connectivity index (χ1) is 10.4. The van der Waals surface area contributed by atoms with Crippen LogP contribution in [0.15, 0.2) is 52.2 Å². The van der Waals surface area contributed by atoms with Crippen LogP contribution in [0.2, 0.25) is 0 Å². The average molecular weight is 338 g/mol. The smallest absolute Gasteiger partial charge is 0.341 e. The second-order valence-corrected chi connectivity index (χ2v) is 6.75. The molecule has 22 heavy (non-hydrogen) atoms. The highest BCUT2D eigenvalue weighted by Crippen LogP contribution is 2.21. The van der Waals surface area contributed by atoms with Crippen molar-refractivity contribution in [1.29, 1.82) is 0 Å². The van der Waals surface area contributed by atoms with Crippen LogP contribution < -0.4 is 0 Å². The molecule has 0 radical (unpaired) electrons. The lowest BCUT2D eigenvalue weighted by atomic mass is 10.1. The molecule has 5 nitrogen and oxygen atoms in total. The predicted octanol–water partition coefficient (Wildman–Crippen LogP) is 2.98. The van der Waals surface area contributed by atoms with Gasteiger partial charge in [0.15, 0.2) is 0 Å². The summed E-state index contributed by atoms with van der Waals surface area (Å²) in [6.45, 7) is 1.85. The van der Waals surface area contributed by atoms with Crippen molar-refractivity contribution in [2.75, 3.05) is 7.11 Å². The van der Waals surface area contributed by atoms with E-state index in [1.54, 1.807) is 29.0 Å². The van der Waals surface area contributed by atoms with E-state index in [0.717, 1.165) is 11.8 Å². The second-order valence-electron chi connectivity index (χ2n) is 4.40. The molecule has 0 fully saturated rings. The van der Waals surface area contributed by atoms with E-state index in [1.807, 2.05) is 6.92 Å². The van der Waals surface area contributed by atoms with Crippen molar-refractivity contribution < 1.29 is 22.1 Å². The molecule has 7 heteroatoms. The zero-order chi connectivity index (χ0) is 16.2. The van der Waals surface area contributed by atoms with Crippen molar-refractivity contribution >= 4 is 33.0 Å². The Balaban J connectivity index is 2.30. The molecule has 0 amide bonds. The molecule has 0 aliphatic heterocycles. The van der Waals surface area contributed by atoms with Gasteiger partial charge in [0.2, 0.25) is 0 Å². The number of ether oxygens (including phenoxy) is 1. The minimum atomic E-state index is -3.99. The molecule has 116 valence electrons. The molecule has 0 unspecified atom stereocenters. The molecule has 0 saturated heterocycles. The number of thiophene rings is 1. The van der Waals surface area contributed by atoms with Crippen molar-refractivity contribution in [3.63, 3.8) is 0 Å². The maximum atomic E-state index is 12.1. The molecule has 2 aromatic rings. The predicted molar refractivity (Wildman–Crippen MR) is 83.8 cm³/mol. The zero-order valence-corrected chi connectivity index (χ0v) is 13.6. The molecule has 0 saturated carbocycles. The van der Waals surface area contributed by atoms with Crippen LogP contribution in [0.4, 0.5) is 0 Å². The Morgan fingerprint density at radius 2 is 1.86 bits per heavy atom. The fourth-order valence-electron chi connectivity index (χ4n) is 1.63. The Kier molecular flexibility index (Phi) is 4.99. The number of rotatable bonds is 5. The zero-order valence-electron chi connectivity index (χ0n) is 12.0. The molecular weight excluding hydrogens is 324 g/mol. The van der Waals surface area contributed by atoms with Crippen LogP contribution in [0, 0.1) is 6.92 Å². The summed E-state index contributed by atoms with van der Waals surface area (Å²) in [5.74, 6) is -0.669. The van der Waals surface area contributed by atoms with Crippen molar-refractivity contribution in [3.8, 4) is 0 Å². The number of carbonyl (C=O) groups is 1. The first kappa shape index (κ1) is 16.3. The molecule has 1 aromatic heterocycles. The Morgan fingerprint density at radius 3 is 2.41 bits per heavy atom. The number of aryl methyl sites for hydroxylation is 1. The van der Waals surface area contributed by atoms with Gasteiger partial charge in [0.1, 0.15) is 16.7 Å². The van der Waals surface area contributed by atoms with Crippen LogP contribution >= 0.6 is 11.3 Å². The molecule has 0 atom stereocenters. The third kappa shape index (κ3) is 3.75. The average Bonchev–Trinajstić information content (AvgIpc) is 3.01. The van der Waals surface area contributed by atoms with Crippen molar-refractivity contribution in [1.82, 2.24) is 0 Å². The van der Waals surface area contributed by atoms with Crippen LogP contribution in [-0.4, -0.2) is 21.5 Å². The highest BCUT2D eigenvalue weighted by Gasteiger charge is 2.18. The van der Waals surface area contributed by atoms with Gasteiger partial charge in [-0.25, -0.2) is 4.79 Å². The lowest BCUT2D eigenvalue weighted by Crippen LogP contribution is -2.07. The summed E-state index contributed by atoms with van der Waals surface area (Å²) in [7, 11) is -2.77. The van der Waals surface area contributed by atoms with Crippen molar-refractivity contribution in [2.24, 2.45) is 0 Å². The van der Waals surface area contributed by atoms with Gasteiger partial charge < -0.3 is 8.92 Å². The minimum absolute atomic E-state index is 0.0175. The van der Waals surface area contributed by atoms with Gasteiger partial charge in [0, 0.05) is 5.56 Å². The van der Waals surface area contributed by atoms with Gasteiger partial charge in [0.05, 0.1) is 7.11 Å².